The molecule has 0 radical (unpaired) electrons. The van der Waals surface area contributed by atoms with Crippen LogP contribution in [0.5, 0.6) is 11.5 Å². The van der Waals surface area contributed by atoms with Gasteiger partial charge in [-0.2, -0.15) is 5.10 Å². The number of phenolic OH excluding ortho intramolecular Hbond substituents is 1. The highest BCUT2D eigenvalue weighted by Crippen LogP contribution is 2.45. The van der Waals surface area contributed by atoms with Gasteiger partial charge in [0.15, 0.2) is 0 Å². The SMILES string of the molecule is CCCN1C(=O)c2[nH]nc(-c3cc(C)cc(C)c3O)c2C1c1cccc(OCc2ccccc2)c1. The van der Waals surface area contributed by atoms with E-state index in [0.29, 0.717) is 30.1 Å². The van der Waals surface area contributed by atoms with Gasteiger partial charge < -0.3 is 14.7 Å². The number of hydrogen-bond donors (Lipinski definition) is 2. The van der Waals surface area contributed by atoms with Crippen molar-refractivity contribution in [2.75, 3.05) is 6.54 Å². The molecule has 178 valence electrons. The largest absolute Gasteiger partial charge is 0.507 e. The highest BCUT2D eigenvalue weighted by atomic mass is 16.5. The van der Waals surface area contributed by atoms with Crippen molar-refractivity contribution in [1.82, 2.24) is 15.1 Å². The molecule has 6 heteroatoms. The van der Waals surface area contributed by atoms with Gasteiger partial charge in [0.05, 0.1) is 6.04 Å². The lowest BCUT2D eigenvalue weighted by Gasteiger charge is -2.26. The van der Waals surface area contributed by atoms with E-state index in [-0.39, 0.29) is 17.7 Å². The summed E-state index contributed by atoms with van der Waals surface area (Å²) in [4.78, 5) is 15.3. The number of phenols is 1. The van der Waals surface area contributed by atoms with Crippen LogP contribution in [0, 0.1) is 13.8 Å². The third kappa shape index (κ3) is 4.16. The Hall–Kier alpha value is -4.06. The fourth-order valence-electron chi connectivity index (χ4n) is 4.88. The Morgan fingerprint density at radius 3 is 2.63 bits per heavy atom. The number of aryl methyl sites for hydroxylation is 2. The molecule has 0 saturated heterocycles. The normalized spacial score (nSPS) is 14.9. The Morgan fingerprint density at radius 2 is 1.86 bits per heavy atom. The maximum Gasteiger partial charge on any atom is 0.273 e. The number of aromatic hydroxyl groups is 1. The van der Waals surface area contributed by atoms with Crippen molar-refractivity contribution in [3.05, 3.63) is 100 Å². The molecule has 5 rings (SSSR count). The summed E-state index contributed by atoms with van der Waals surface area (Å²) >= 11 is 0. The number of H-pyrrole nitrogens is 1. The van der Waals surface area contributed by atoms with E-state index in [1.54, 1.807) is 0 Å². The van der Waals surface area contributed by atoms with Crippen molar-refractivity contribution in [3.63, 3.8) is 0 Å². The van der Waals surface area contributed by atoms with Crippen LogP contribution in [-0.4, -0.2) is 32.7 Å². The van der Waals surface area contributed by atoms with Crippen LogP contribution in [0.25, 0.3) is 11.3 Å². The molecule has 35 heavy (non-hydrogen) atoms. The first kappa shape index (κ1) is 22.7. The number of aromatic nitrogens is 2. The van der Waals surface area contributed by atoms with Gasteiger partial charge in [-0.1, -0.05) is 55.5 Å². The molecule has 3 aromatic carbocycles. The second-order valence-electron chi connectivity index (χ2n) is 9.09. The second-order valence-corrected chi connectivity index (χ2v) is 9.09. The third-order valence-electron chi connectivity index (χ3n) is 6.45. The number of rotatable bonds is 7. The second kappa shape index (κ2) is 9.29. The molecule has 1 aliphatic rings. The van der Waals surface area contributed by atoms with Crippen molar-refractivity contribution >= 4 is 5.91 Å². The molecule has 1 amide bonds. The molecule has 1 atom stereocenters. The number of fused-ring (bicyclic) bond motifs is 1. The number of ether oxygens (including phenoxy) is 1. The van der Waals surface area contributed by atoms with Gasteiger partial charge in [0.1, 0.15) is 29.5 Å². The zero-order valence-corrected chi connectivity index (χ0v) is 20.2. The monoisotopic (exact) mass is 467 g/mol. The molecule has 1 unspecified atom stereocenters. The Balaban J connectivity index is 1.57. The lowest BCUT2D eigenvalue weighted by molar-refractivity contribution is 0.0743. The first-order valence-corrected chi connectivity index (χ1v) is 11.9. The maximum atomic E-state index is 13.4. The Morgan fingerprint density at radius 1 is 1.06 bits per heavy atom. The van der Waals surface area contributed by atoms with Gasteiger partial charge in [0.25, 0.3) is 5.91 Å². The van der Waals surface area contributed by atoms with Crippen molar-refractivity contribution in [3.8, 4) is 22.8 Å². The number of nitrogens with zero attached hydrogens (tertiary/aromatic N) is 2. The number of carbonyl (C=O) groups is 1. The number of nitrogens with one attached hydrogen (secondary N) is 1. The van der Waals surface area contributed by atoms with E-state index in [0.717, 1.165) is 40.0 Å². The summed E-state index contributed by atoms with van der Waals surface area (Å²) in [5.41, 5.74) is 6.35. The van der Waals surface area contributed by atoms with Crippen LogP contribution in [0.2, 0.25) is 0 Å². The first-order chi connectivity index (χ1) is 17.0. The van der Waals surface area contributed by atoms with Crippen molar-refractivity contribution in [2.45, 2.75) is 39.8 Å². The number of hydrogen-bond acceptors (Lipinski definition) is 4. The first-order valence-electron chi connectivity index (χ1n) is 11.9. The van der Waals surface area contributed by atoms with E-state index < -0.39 is 0 Å². The molecule has 0 saturated carbocycles. The van der Waals surface area contributed by atoms with E-state index in [1.807, 2.05) is 85.5 Å². The Kier molecular flexibility index (Phi) is 6.03. The van der Waals surface area contributed by atoms with Gasteiger partial charge in [-0.05, 0) is 60.7 Å². The van der Waals surface area contributed by atoms with Gasteiger partial charge in [0.2, 0.25) is 0 Å². The quantitative estimate of drug-likeness (QED) is 0.353. The summed E-state index contributed by atoms with van der Waals surface area (Å²) in [6.45, 7) is 7.00. The zero-order valence-electron chi connectivity index (χ0n) is 20.2. The van der Waals surface area contributed by atoms with Crippen LogP contribution in [0.3, 0.4) is 0 Å². The molecule has 4 aromatic rings. The molecular formula is C29H29N3O3. The minimum Gasteiger partial charge on any atom is -0.507 e. The minimum absolute atomic E-state index is 0.0786. The number of benzene rings is 3. The standard InChI is InChI=1S/C29H29N3O3/c1-4-13-32-27(21-11-8-12-22(16-21)35-17-20-9-6-5-7-10-20)24-25(30-31-26(24)29(32)34)23-15-18(2)14-19(3)28(23)33/h5-12,14-16,27,33H,4,13,17H2,1-3H3,(H,30,31). The Bertz CT molecular complexity index is 1380. The molecule has 1 aromatic heterocycles. The summed E-state index contributed by atoms with van der Waals surface area (Å²) in [5.74, 6) is 0.845. The average molecular weight is 468 g/mol. The van der Waals surface area contributed by atoms with E-state index >= 15 is 0 Å². The van der Waals surface area contributed by atoms with E-state index in [2.05, 4.69) is 17.1 Å². The fourth-order valence-corrected chi connectivity index (χ4v) is 4.88. The fraction of sp³-hybridized carbons (Fsp3) is 0.241. The van der Waals surface area contributed by atoms with Crippen molar-refractivity contribution in [2.24, 2.45) is 0 Å². The molecule has 6 nitrogen and oxygen atoms in total. The van der Waals surface area contributed by atoms with Crippen LogP contribution in [0.4, 0.5) is 0 Å². The highest BCUT2D eigenvalue weighted by Gasteiger charge is 2.42. The summed E-state index contributed by atoms with van der Waals surface area (Å²) in [6, 6.07) is 21.5. The zero-order chi connectivity index (χ0) is 24.5. The molecule has 2 N–H and O–H groups in total. The topological polar surface area (TPSA) is 78.5 Å². The predicted octanol–water partition coefficient (Wildman–Crippen LogP) is 5.93. The van der Waals surface area contributed by atoms with E-state index in [9.17, 15) is 9.90 Å². The van der Waals surface area contributed by atoms with Crippen molar-refractivity contribution < 1.29 is 14.6 Å². The van der Waals surface area contributed by atoms with Crippen LogP contribution in [-0.2, 0) is 6.61 Å². The van der Waals surface area contributed by atoms with Gasteiger partial charge in [-0.3, -0.25) is 9.89 Å². The van der Waals surface area contributed by atoms with Crippen molar-refractivity contribution in [1.29, 1.82) is 0 Å². The molecule has 0 spiro atoms. The molecule has 0 aliphatic carbocycles. The number of amides is 1. The molecule has 0 bridgehead atoms. The summed E-state index contributed by atoms with van der Waals surface area (Å²) < 4.78 is 6.08. The summed E-state index contributed by atoms with van der Waals surface area (Å²) in [5, 5.41) is 18.3. The Labute approximate surface area is 205 Å². The predicted molar refractivity (Wildman–Crippen MR) is 136 cm³/mol. The van der Waals surface area contributed by atoms with Crippen LogP contribution < -0.4 is 4.74 Å². The molecule has 1 aliphatic heterocycles. The smallest absolute Gasteiger partial charge is 0.273 e. The average Bonchev–Trinajstić information content (AvgIpc) is 3.40. The van der Waals surface area contributed by atoms with Crippen LogP contribution in [0.1, 0.15) is 57.7 Å². The van der Waals surface area contributed by atoms with Gasteiger partial charge in [0, 0.05) is 17.7 Å². The lowest BCUT2D eigenvalue weighted by Crippen LogP contribution is -2.30. The molecule has 0 fully saturated rings. The molecule has 2 heterocycles. The van der Waals surface area contributed by atoms with Crippen LogP contribution >= 0.6 is 0 Å². The number of carbonyl (C=O) groups excluding carboxylic acids is 1. The molecular weight excluding hydrogens is 438 g/mol. The summed E-state index contributed by atoms with van der Waals surface area (Å²) in [6.07, 6.45) is 0.828. The van der Waals surface area contributed by atoms with Gasteiger partial charge in [-0.25, -0.2) is 0 Å². The third-order valence-corrected chi connectivity index (χ3v) is 6.45. The number of aromatic amines is 1. The highest BCUT2D eigenvalue weighted by molar-refractivity contribution is 6.00. The van der Waals surface area contributed by atoms with E-state index in [1.165, 1.54) is 0 Å². The van der Waals surface area contributed by atoms with Gasteiger partial charge >= 0.3 is 0 Å². The van der Waals surface area contributed by atoms with Crippen LogP contribution in [0.15, 0.2) is 66.7 Å². The lowest BCUT2D eigenvalue weighted by atomic mass is 9.94. The maximum absolute atomic E-state index is 13.4. The minimum atomic E-state index is -0.327. The summed E-state index contributed by atoms with van der Waals surface area (Å²) in [7, 11) is 0. The van der Waals surface area contributed by atoms with Gasteiger partial charge in [-0.15, -0.1) is 0 Å². The van der Waals surface area contributed by atoms with E-state index in [4.69, 9.17) is 4.74 Å².